The van der Waals surface area contributed by atoms with E-state index in [4.69, 9.17) is 0 Å². The number of benzene rings is 1. The predicted molar refractivity (Wildman–Crippen MR) is 97.7 cm³/mol. The first-order valence-electron chi connectivity index (χ1n) is 8.28. The van der Waals surface area contributed by atoms with Gasteiger partial charge in [-0.05, 0) is 30.0 Å². The first-order valence-corrected chi connectivity index (χ1v) is 9.22. The average Bonchev–Trinajstić information content (AvgIpc) is 3.09. The summed E-state index contributed by atoms with van der Waals surface area (Å²) in [4.78, 5) is 38.9. The minimum Gasteiger partial charge on any atom is -0.323 e. The Hall–Kier alpha value is -2.41. The topological polar surface area (TPSA) is 69.5 Å². The number of hydrogen-bond acceptors (Lipinski definition) is 4. The predicted octanol–water partition coefficient (Wildman–Crippen LogP) is 2.47. The molecule has 4 amide bonds. The van der Waals surface area contributed by atoms with Crippen molar-refractivity contribution in [3.8, 4) is 0 Å². The number of anilines is 1. The summed E-state index contributed by atoms with van der Waals surface area (Å²) in [7, 11) is 0. The normalized spacial score (nSPS) is 19.4. The second-order valence-electron chi connectivity index (χ2n) is 5.87. The molecule has 0 fully saturated rings. The van der Waals surface area contributed by atoms with Crippen LogP contribution in [0.3, 0.4) is 0 Å². The molecule has 0 spiro atoms. The number of thioether (sulfide) groups is 1. The van der Waals surface area contributed by atoms with E-state index in [0.717, 1.165) is 12.8 Å². The van der Waals surface area contributed by atoms with Gasteiger partial charge in [0.2, 0.25) is 0 Å². The summed E-state index contributed by atoms with van der Waals surface area (Å²) in [5.41, 5.74) is 1.27. The van der Waals surface area contributed by atoms with Crippen molar-refractivity contribution >= 4 is 41.0 Å². The number of allylic oxidation sites excluding steroid dienone is 1. The molecule has 1 unspecified atom stereocenters. The highest BCUT2D eigenvalue weighted by Gasteiger charge is 2.48. The van der Waals surface area contributed by atoms with Gasteiger partial charge in [0.25, 0.3) is 5.91 Å². The molecule has 130 valence electrons. The number of nitrogens with one attached hydrogen (secondary N) is 1. The number of hydrogen-bond donors (Lipinski definition) is 1. The first kappa shape index (κ1) is 17.4. The molecule has 0 aliphatic carbocycles. The number of imide groups is 1. The fourth-order valence-electron chi connectivity index (χ4n) is 2.80. The van der Waals surface area contributed by atoms with Crippen molar-refractivity contribution in [1.82, 2.24) is 4.90 Å². The zero-order valence-electron chi connectivity index (χ0n) is 14.0. The van der Waals surface area contributed by atoms with E-state index in [1.807, 2.05) is 25.1 Å². The van der Waals surface area contributed by atoms with Crippen LogP contribution in [0.4, 0.5) is 10.5 Å². The van der Waals surface area contributed by atoms with Crippen LogP contribution in [0.1, 0.15) is 19.8 Å². The number of urea groups is 1. The SMILES string of the molecule is CCCCN1C(=O)C2SC=CC2=[N+](CC(=O)Nc2ccccc2)C1=O. The molecule has 0 saturated heterocycles. The Morgan fingerprint density at radius 3 is 2.76 bits per heavy atom. The van der Waals surface area contributed by atoms with Crippen LogP contribution in [-0.4, -0.2) is 51.4 Å². The van der Waals surface area contributed by atoms with Crippen molar-refractivity contribution < 1.29 is 19.0 Å². The molecule has 25 heavy (non-hydrogen) atoms. The van der Waals surface area contributed by atoms with Gasteiger partial charge in [0.05, 0.1) is 6.54 Å². The Kier molecular flexibility index (Phi) is 5.33. The van der Waals surface area contributed by atoms with E-state index in [2.05, 4.69) is 5.32 Å². The lowest BCUT2D eigenvalue weighted by molar-refractivity contribution is -0.425. The lowest BCUT2D eigenvalue weighted by Crippen LogP contribution is -2.56. The molecule has 2 heterocycles. The molecule has 6 nitrogen and oxygen atoms in total. The highest BCUT2D eigenvalue weighted by atomic mass is 32.2. The zero-order valence-corrected chi connectivity index (χ0v) is 14.8. The van der Waals surface area contributed by atoms with Crippen molar-refractivity contribution in [2.24, 2.45) is 0 Å². The summed E-state index contributed by atoms with van der Waals surface area (Å²) in [5.74, 6) is -0.482. The van der Waals surface area contributed by atoms with Gasteiger partial charge in [-0.1, -0.05) is 31.5 Å². The smallest absolute Gasteiger partial charge is 0.323 e. The fourth-order valence-corrected chi connectivity index (χ4v) is 3.76. The summed E-state index contributed by atoms with van der Waals surface area (Å²) >= 11 is 1.37. The van der Waals surface area contributed by atoms with E-state index < -0.39 is 11.3 Å². The van der Waals surface area contributed by atoms with Crippen molar-refractivity contribution in [3.63, 3.8) is 0 Å². The molecule has 0 bridgehead atoms. The number of nitrogens with zero attached hydrogens (tertiary/aromatic N) is 2. The van der Waals surface area contributed by atoms with Crippen LogP contribution in [0, 0.1) is 0 Å². The maximum atomic E-state index is 12.8. The molecular formula is C18H20N3O3S+. The molecule has 7 heteroatoms. The molecule has 0 aromatic heterocycles. The number of amides is 4. The van der Waals surface area contributed by atoms with Gasteiger partial charge in [-0.15, -0.1) is 11.8 Å². The van der Waals surface area contributed by atoms with Crippen molar-refractivity contribution in [2.75, 3.05) is 18.4 Å². The van der Waals surface area contributed by atoms with Crippen molar-refractivity contribution in [2.45, 2.75) is 25.0 Å². The average molecular weight is 358 g/mol. The minimum atomic E-state index is -0.431. The Balaban J connectivity index is 1.80. The van der Waals surface area contributed by atoms with Crippen molar-refractivity contribution in [1.29, 1.82) is 0 Å². The Labute approximate surface area is 150 Å². The molecule has 1 atom stereocenters. The van der Waals surface area contributed by atoms with Crippen molar-refractivity contribution in [3.05, 3.63) is 41.8 Å². The quantitative estimate of drug-likeness (QED) is 0.793. The molecule has 2 aliphatic heterocycles. The lowest BCUT2D eigenvalue weighted by atomic mass is 10.1. The standard InChI is InChI=1S/C18H19N3O3S/c1-2-3-10-20-17(23)16-14(9-11-25-16)21(18(20)24)12-15(22)19-13-7-5-4-6-8-13/h4-9,11,16H,2-3,10,12H2,1H3/p+1. The number of fused-ring (bicyclic) bond motifs is 1. The van der Waals surface area contributed by atoms with Crippen LogP contribution in [-0.2, 0) is 9.59 Å². The second-order valence-corrected chi connectivity index (χ2v) is 6.89. The third-order valence-corrected chi connectivity index (χ3v) is 5.09. The van der Waals surface area contributed by atoms with Crippen LogP contribution in [0.15, 0.2) is 41.8 Å². The van der Waals surface area contributed by atoms with E-state index in [9.17, 15) is 14.4 Å². The monoisotopic (exact) mass is 358 g/mol. The molecule has 1 aromatic carbocycles. The number of para-hydroxylation sites is 1. The number of unbranched alkanes of at least 4 members (excludes halogenated alkanes) is 1. The van der Waals surface area contributed by atoms with Gasteiger partial charge < -0.3 is 5.32 Å². The van der Waals surface area contributed by atoms with Gasteiger partial charge in [-0.25, -0.2) is 4.79 Å². The molecule has 2 aliphatic rings. The van der Waals surface area contributed by atoms with Gasteiger partial charge >= 0.3 is 11.9 Å². The first-order chi connectivity index (χ1) is 12.1. The fraction of sp³-hybridized carbons (Fsp3) is 0.333. The largest absolute Gasteiger partial charge is 0.501 e. The number of rotatable bonds is 6. The maximum absolute atomic E-state index is 12.8. The summed E-state index contributed by atoms with van der Waals surface area (Å²) < 4.78 is 1.41. The van der Waals surface area contributed by atoms with Crippen LogP contribution < -0.4 is 5.32 Å². The Morgan fingerprint density at radius 1 is 1.28 bits per heavy atom. The summed E-state index contributed by atoms with van der Waals surface area (Å²) in [5, 5.41) is 4.15. The zero-order chi connectivity index (χ0) is 17.8. The molecule has 1 N–H and O–H groups in total. The number of carbonyl (C=O) groups excluding carboxylic acids is 3. The van der Waals surface area contributed by atoms with E-state index in [0.29, 0.717) is 17.9 Å². The van der Waals surface area contributed by atoms with Gasteiger partial charge in [-0.3, -0.25) is 4.79 Å². The Morgan fingerprint density at radius 2 is 2.04 bits per heavy atom. The van der Waals surface area contributed by atoms with Crippen LogP contribution in [0.25, 0.3) is 0 Å². The van der Waals surface area contributed by atoms with Crippen LogP contribution >= 0.6 is 11.8 Å². The van der Waals surface area contributed by atoms with Gasteiger partial charge in [0.1, 0.15) is 5.71 Å². The van der Waals surface area contributed by atoms with E-state index in [1.165, 1.54) is 21.2 Å². The van der Waals surface area contributed by atoms with Crippen LogP contribution in [0.2, 0.25) is 0 Å². The summed E-state index contributed by atoms with van der Waals surface area (Å²) in [6.45, 7) is 2.28. The van der Waals surface area contributed by atoms with Gasteiger partial charge in [0.15, 0.2) is 11.8 Å². The van der Waals surface area contributed by atoms with Crippen LogP contribution in [0.5, 0.6) is 0 Å². The number of carbonyl (C=O) groups is 3. The lowest BCUT2D eigenvalue weighted by Gasteiger charge is -2.24. The third kappa shape index (κ3) is 3.66. The van der Waals surface area contributed by atoms with Gasteiger partial charge in [0, 0.05) is 5.69 Å². The van der Waals surface area contributed by atoms with E-state index in [1.54, 1.807) is 23.6 Å². The molecule has 3 rings (SSSR count). The highest BCUT2D eigenvalue weighted by Crippen LogP contribution is 2.28. The molecule has 1 aromatic rings. The van der Waals surface area contributed by atoms with E-state index in [-0.39, 0.29) is 18.4 Å². The molecular weight excluding hydrogens is 338 g/mol. The minimum absolute atomic E-state index is 0.111. The van der Waals surface area contributed by atoms with Gasteiger partial charge in [-0.2, -0.15) is 14.3 Å². The third-order valence-electron chi connectivity index (χ3n) is 4.08. The maximum Gasteiger partial charge on any atom is 0.501 e. The molecule has 0 radical (unpaired) electrons. The second kappa shape index (κ2) is 7.65. The molecule has 0 saturated carbocycles. The highest BCUT2D eigenvalue weighted by molar-refractivity contribution is 8.04. The summed E-state index contributed by atoms with van der Waals surface area (Å²) in [6, 6.07) is 8.67. The Bertz CT molecular complexity index is 758. The van der Waals surface area contributed by atoms with E-state index >= 15 is 0 Å². The summed E-state index contributed by atoms with van der Waals surface area (Å²) in [6.07, 6.45) is 3.39.